The molecule has 3 rings (SSSR count). The van der Waals surface area contributed by atoms with Crippen molar-refractivity contribution in [2.24, 2.45) is 0 Å². The second-order valence-electron chi connectivity index (χ2n) is 6.49. The summed E-state index contributed by atoms with van der Waals surface area (Å²) in [7, 11) is 0. The van der Waals surface area contributed by atoms with Crippen molar-refractivity contribution in [1.82, 2.24) is 9.97 Å². The first kappa shape index (κ1) is 17.0. The lowest BCUT2D eigenvalue weighted by Gasteiger charge is -2.17. The van der Waals surface area contributed by atoms with Crippen LogP contribution >= 0.6 is 0 Å². The van der Waals surface area contributed by atoms with Crippen molar-refractivity contribution in [2.75, 3.05) is 11.9 Å². The molecule has 4 nitrogen and oxygen atoms in total. The molecular formula is C20H20FN3O. The molecule has 2 N–H and O–H groups in total. The van der Waals surface area contributed by atoms with Crippen LogP contribution in [-0.2, 0) is 0 Å². The van der Waals surface area contributed by atoms with Gasteiger partial charge in [0.05, 0.1) is 23.7 Å². The van der Waals surface area contributed by atoms with Crippen LogP contribution in [0.3, 0.4) is 0 Å². The number of nitrogens with zero attached hydrogens (tertiary/aromatic N) is 2. The topological polar surface area (TPSA) is 58.0 Å². The molecule has 0 saturated carbocycles. The smallest absolute Gasteiger partial charge is 0.144 e. The molecule has 0 aliphatic carbocycles. The SMILES string of the molecule is CC(C)(O)CNc1cnc(-c2cccc(-c3ccccc3)c2F)cn1. The predicted molar refractivity (Wildman–Crippen MR) is 97.6 cm³/mol. The monoisotopic (exact) mass is 337 g/mol. The van der Waals surface area contributed by atoms with Crippen LogP contribution in [0.15, 0.2) is 60.9 Å². The average Bonchev–Trinajstić information content (AvgIpc) is 2.61. The maximum Gasteiger partial charge on any atom is 0.144 e. The number of rotatable bonds is 5. The molecule has 0 bridgehead atoms. The third-order valence-electron chi connectivity index (χ3n) is 3.71. The third kappa shape index (κ3) is 4.19. The van der Waals surface area contributed by atoms with Gasteiger partial charge in [-0.3, -0.25) is 4.98 Å². The van der Waals surface area contributed by atoms with Crippen molar-refractivity contribution >= 4 is 5.82 Å². The fourth-order valence-electron chi connectivity index (χ4n) is 2.44. The van der Waals surface area contributed by atoms with E-state index in [0.717, 1.165) is 5.56 Å². The zero-order valence-electron chi connectivity index (χ0n) is 14.2. The molecule has 0 saturated heterocycles. The van der Waals surface area contributed by atoms with Crippen LogP contribution < -0.4 is 5.32 Å². The van der Waals surface area contributed by atoms with Gasteiger partial charge in [0.2, 0.25) is 0 Å². The molecule has 0 aliphatic heterocycles. The van der Waals surface area contributed by atoms with Crippen LogP contribution in [0.5, 0.6) is 0 Å². The van der Waals surface area contributed by atoms with Crippen molar-refractivity contribution in [3.63, 3.8) is 0 Å². The molecule has 5 heteroatoms. The van der Waals surface area contributed by atoms with Gasteiger partial charge in [0.1, 0.15) is 11.6 Å². The normalized spacial score (nSPS) is 11.4. The van der Waals surface area contributed by atoms with Crippen molar-refractivity contribution in [3.8, 4) is 22.4 Å². The molecule has 1 aromatic heterocycles. The summed E-state index contributed by atoms with van der Waals surface area (Å²) >= 11 is 0. The van der Waals surface area contributed by atoms with Gasteiger partial charge >= 0.3 is 0 Å². The number of hydrogen-bond acceptors (Lipinski definition) is 4. The number of halogens is 1. The maximum absolute atomic E-state index is 14.9. The summed E-state index contributed by atoms with van der Waals surface area (Å²) in [6, 6.07) is 14.7. The Morgan fingerprint density at radius 2 is 1.68 bits per heavy atom. The van der Waals surface area contributed by atoms with Gasteiger partial charge in [0.25, 0.3) is 0 Å². The highest BCUT2D eigenvalue weighted by molar-refractivity contribution is 5.72. The number of nitrogens with one attached hydrogen (secondary N) is 1. The summed E-state index contributed by atoms with van der Waals surface area (Å²) in [5, 5.41) is 12.7. The summed E-state index contributed by atoms with van der Waals surface area (Å²) in [6.07, 6.45) is 3.07. The number of hydrogen-bond donors (Lipinski definition) is 2. The van der Waals surface area contributed by atoms with Crippen LogP contribution in [0.2, 0.25) is 0 Å². The summed E-state index contributed by atoms with van der Waals surface area (Å²) in [5.74, 6) is 0.214. The Labute approximate surface area is 146 Å². The minimum absolute atomic E-state index is 0.319. The number of aromatic nitrogens is 2. The molecule has 1 heterocycles. The Hall–Kier alpha value is -2.79. The largest absolute Gasteiger partial charge is 0.389 e. The average molecular weight is 337 g/mol. The number of aliphatic hydroxyl groups is 1. The van der Waals surface area contributed by atoms with Crippen LogP contribution in [0.4, 0.5) is 10.2 Å². The Kier molecular flexibility index (Phi) is 4.76. The van der Waals surface area contributed by atoms with Gasteiger partial charge in [-0.15, -0.1) is 0 Å². The van der Waals surface area contributed by atoms with E-state index in [1.54, 1.807) is 26.0 Å². The van der Waals surface area contributed by atoms with E-state index in [4.69, 9.17) is 0 Å². The van der Waals surface area contributed by atoms with Gasteiger partial charge in [-0.1, -0.05) is 42.5 Å². The van der Waals surface area contributed by atoms with E-state index in [9.17, 15) is 9.50 Å². The van der Waals surface area contributed by atoms with Gasteiger partial charge in [0.15, 0.2) is 0 Å². The first-order valence-corrected chi connectivity index (χ1v) is 8.07. The summed E-state index contributed by atoms with van der Waals surface area (Å²) in [5.41, 5.74) is 1.37. The molecule has 0 unspecified atom stereocenters. The maximum atomic E-state index is 14.9. The number of anilines is 1. The standard InChI is InChI=1S/C20H20FN3O/c1-20(2,25)13-24-18-12-22-17(11-23-18)16-10-6-9-15(19(16)21)14-7-4-3-5-8-14/h3-12,25H,13H2,1-2H3,(H,23,24). The molecule has 0 spiro atoms. The summed E-state index contributed by atoms with van der Waals surface area (Å²) in [4.78, 5) is 8.55. The molecule has 0 aliphatic rings. The van der Waals surface area contributed by atoms with E-state index >= 15 is 0 Å². The van der Waals surface area contributed by atoms with Gasteiger partial charge in [-0.05, 0) is 25.5 Å². The number of benzene rings is 2. The lowest BCUT2D eigenvalue weighted by Crippen LogP contribution is -2.29. The fraction of sp³-hybridized carbons (Fsp3) is 0.200. The van der Waals surface area contributed by atoms with Gasteiger partial charge in [0, 0.05) is 17.7 Å². The van der Waals surface area contributed by atoms with Crippen molar-refractivity contribution < 1.29 is 9.50 Å². The van der Waals surface area contributed by atoms with Gasteiger partial charge < -0.3 is 10.4 Å². The minimum atomic E-state index is -0.851. The van der Waals surface area contributed by atoms with Gasteiger partial charge in [-0.2, -0.15) is 0 Å². The highest BCUT2D eigenvalue weighted by Gasteiger charge is 2.14. The molecule has 3 aromatic rings. The molecular weight excluding hydrogens is 317 g/mol. The zero-order chi connectivity index (χ0) is 17.9. The lowest BCUT2D eigenvalue weighted by molar-refractivity contribution is 0.0944. The molecule has 0 fully saturated rings. The zero-order valence-corrected chi connectivity index (χ0v) is 14.2. The molecule has 0 amide bonds. The Bertz CT molecular complexity index is 843. The van der Waals surface area contributed by atoms with Crippen LogP contribution in [0, 0.1) is 5.82 Å². The van der Waals surface area contributed by atoms with Crippen LogP contribution in [-0.4, -0.2) is 27.2 Å². The summed E-state index contributed by atoms with van der Waals surface area (Å²) < 4.78 is 14.9. The van der Waals surface area contributed by atoms with Gasteiger partial charge in [-0.25, -0.2) is 9.37 Å². The van der Waals surface area contributed by atoms with E-state index in [0.29, 0.717) is 29.2 Å². The Morgan fingerprint density at radius 1 is 0.960 bits per heavy atom. The minimum Gasteiger partial charge on any atom is -0.389 e. The molecule has 0 atom stereocenters. The quantitative estimate of drug-likeness (QED) is 0.735. The molecule has 2 aromatic carbocycles. The Morgan fingerprint density at radius 3 is 2.32 bits per heavy atom. The molecule has 128 valence electrons. The van der Waals surface area contributed by atoms with E-state index in [2.05, 4.69) is 15.3 Å². The second-order valence-corrected chi connectivity index (χ2v) is 6.49. The summed E-state index contributed by atoms with van der Waals surface area (Å²) in [6.45, 7) is 3.75. The van der Waals surface area contributed by atoms with Crippen LogP contribution in [0.1, 0.15) is 13.8 Å². The van der Waals surface area contributed by atoms with Crippen LogP contribution in [0.25, 0.3) is 22.4 Å². The predicted octanol–water partition coefficient (Wildman–Crippen LogP) is 4.13. The molecule has 0 radical (unpaired) electrons. The van der Waals surface area contributed by atoms with E-state index in [1.165, 1.54) is 12.4 Å². The highest BCUT2D eigenvalue weighted by atomic mass is 19.1. The molecule has 25 heavy (non-hydrogen) atoms. The van der Waals surface area contributed by atoms with Crippen molar-refractivity contribution in [1.29, 1.82) is 0 Å². The first-order valence-electron chi connectivity index (χ1n) is 8.07. The Balaban J connectivity index is 1.87. The van der Waals surface area contributed by atoms with Crippen molar-refractivity contribution in [3.05, 3.63) is 66.7 Å². The second kappa shape index (κ2) is 6.99. The first-order chi connectivity index (χ1) is 11.9. The highest BCUT2D eigenvalue weighted by Crippen LogP contribution is 2.29. The van der Waals surface area contributed by atoms with E-state index in [-0.39, 0.29) is 5.82 Å². The van der Waals surface area contributed by atoms with E-state index in [1.807, 2.05) is 36.4 Å². The lowest BCUT2D eigenvalue weighted by atomic mass is 10.0. The van der Waals surface area contributed by atoms with Crippen molar-refractivity contribution in [2.45, 2.75) is 19.4 Å². The third-order valence-corrected chi connectivity index (χ3v) is 3.71. The van der Waals surface area contributed by atoms with E-state index < -0.39 is 5.60 Å². The fourth-order valence-corrected chi connectivity index (χ4v) is 2.44.